The number of aliphatic carboxylic acids is 2. The minimum atomic E-state index is -1.02. The van der Waals surface area contributed by atoms with Crippen molar-refractivity contribution in [3.05, 3.63) is 0 Å². The monoisotopic (exact) mass is 370 g/mol. The molecule has 26 heavy (non-hydrogen) atoms. The van der Waals surface area contributed by atoms with E-state index in [1.165, 1.54) is 70.6 Å². The average molecular weight is 371 g/mol. The third-order valence-corrected chi connectivity index (χ3v) is 5.10. The predicted octanol–water partition coefficient (Wildman–Crippen LogP) is 6.67. The van der Waals surface area contributed by atoms with Gasteiger partial charge in [-0.1, -0.05) is 104 Å². The molecule has 0 spiro atoms. The summed E-state index contributed by atoms with van der Waals surface area (Å²) in [5, 5.41) is 17.7. The summed E-state index contributed by atoms with van der Waals surface area (Å²) in [6.07, 6.45) is 18.0. The van der Waals surface area contributed by atoms with Crippen LogP contribution < -0.4 is 0 Å². The van der Waals surface area contributed by atoms with Crippen LogP contribution in [-0.4, -0.2) is 22.2 Å². The predicted molar refractivity (Wildman–Crippen MR) is 107 cm³/mol. The number of carboxylic acid groups (broad SMARTS) is 2. The van der Waals surface area contributed by atoms with E-state index < -0.39 is 17.9 Å². The Morgan fingerprint density at radius 2 is 0.962 bits per heavy atom. The molecular formula is C22H42O4. The van der Waals surface area contributed by atoms with Gasteiger partial charge in [0.05, 0.1) is 12.3 Å². The minimum absolute atomic E-state index is 0.257. The first-order chi connectivity index (χ1) is 12.4. The molecule has 0 bridgehead atoms. The highest BCUT2D eigenvalue weighted by Gasteiger charge is 2.20. The van der Waals surface area contributed by atoms with Gasteiger partial charge in [0.1, 0.15) is 0 Å². The van der Waals surface area contributed by atoms with Gasteiger partial charge < -0.3 is 10.2 Å². The fraction of sp³-hybridized carbons (Fsp3) is 0.909. The third kappa shape index (κ3) is 17.8. The van der Waals surface area contributed by atoms with Crippen LogP contribution in [0.25, 0.3) is 0 Å². The molecule has 0 amide bonds. The van der Waals surface area contributed by atoms with E-state index in [2.05, 4.69) is 13.8 Å². The van der Waals surface area contributed by atoms with Gasteiger partial charge >= 0.3 is 11.9 Å². The molecule has 1 atom stereocenters. The molecule has 0 radical (unpaired) electrons. The van der Waals surface area contributed by atoms with Gasteiger partial charge in [-0.15, -0.1) is 0 Å². The normalized spacial score (nSPS) is 12.4. The summed E-state index contributed by atoms with van der Waals surface area (Å²) in [6.45, 7) is 4.60. The Bertz CT molecular complexity index is 352. The maximum atomic E-state index is 11.0. The molecule has 4 heteroatoms. The second kappa shape index (κ2) is 17.4. The lowest BCUT2D eigenvalue weighted by atomic mass is 9.97. The molecule has 0 saturated carbocycles. The number of hydrogen-bond acceptors (Lipinski definition) is 2. The molecule has 1 unspecified atom stereocenters. The summed E-state index contributed by atoms with van der Waals surface area (Å²) in [5.41, 5.74) is 0. The number of carboxylic acids is 2. The van der Waals surface area contributed by atoms with Crippen molar-refractivity contribution in [2.45, 2.75) is 117 Å². The van der Waals surface area contributed by atoms with Gasteiger partial charge in [-0.25, -0.2) is 0 Å². The number of rotatable bonds is 19. The van der Waals surface area contributed by atoms with E-state index in [-0.39, 0.29) is 6.42 Å². The van der Waals surface area contributed by atoms with Crippen molar-refractivity contribution in [3.8, 4) is 0 Å². The first kappa shape index (κ1) is 24.9. The minimum Gasteiger partial charge on any atom is -0.481 e. The zero-order chi connectivity index (χ0) is 19.6. The Morgan fingerprint density at radius 3 is 1.27 bits per heavy atom. The van der Waals surface area contributed by atoms with Crippen LogP contribution in [-0.2, 0) is 9.59 Å². The van der Waals surface area contributed by atoms with Crippen LogP contribution in [0.3, 0.4) is 0 Å². The standard InChI is InChI=1S/C22H42O4/c1-19(2)16-14-12-10-8-6-4-3-5-7-9-11-13-15-17-20(22(25)26)18-21(23)24/h19-20H,3-18H2,1-2H3,(H,23,24)(H,25,26). The SMILES string of the molecule is CC(C)CCCCCCCCCCCCCCCC(CC(=O)O)C(=O)O. The van der Waals surface area contributed by atoms with Crippen LogP contribution in [0.2, 0.25) is 0 Å². The summed E-state index contributed by atoms with van der Waals surface area (Å²) in [4.78, 5) is 21.6. The Labute approximate surface area is 160 Å². The second-order valence-electron chi connectivity index (χ2n) is 8.20. The number of unbranched alkanes of at least 4 members (excludes halogenated alkanes) is 12. The van der Waals surface area contributed by atoms with Crippen molar-refractivity contribution >= 4 is 11.9 Å². The molecule has 0 heterocycles. The first-order valence-electron chi connectivity index (χ1n) is 10.9. The molecular weight excluding hydrogens is 328 g/mol. The molecule has 0 aromatic carbocycles. The van der Waals surface area contributed by atoms with E-state index in [1.54, 1.807) is 0 Å². The molecule has 0 aromatic heterocycles. The largest absolute Gasteiger partial charge is 0.481 e. The van der Waals surface area contributed by atoms with Gasteiger partial charge in [0.25, 0.3) is 0 Å². The van der Waals surface area contributed by atoms with Crippen molar-refractivity contribution in [2.75, 3.05) is 0 Å². The Balaban J connectivity index is 3.28. The zero-order valence-electron chi connectivity index (χ0n) is 17.2. The maximum absolute atomic E-state index is 11.0. The highest BCUT2D eigenvalue weighted by Crippen LogP contribution is 2.17. The molecule has 0 saturated heterocycles. The van der Waals surface area contributed by atoms with Gasteiger partial charge in [-0.05, 0) is 12.3 Å². The van der Waals surface area contributed by atoms with Gasteiger partial charge in [0.2, 0.25) is 0 Å². The Morgan fingerprint density at radius 1 is 0.615 bits per heavy atom. The van der Waals surface area contributed by atoms with Crippen molar-refractivity contribution in [1.82, 2.24) is 0 Å². The summed E-state index contributed by atoms with van der Waals surface area (Å²) in [5.74, 6) is -1.88. The first-order valence-corrected chi connectivity index (χ1v) is 10.9. The van der Waals surface area contributed by atoms with Crippen molar-refractivity contribution in [1.29, 1.82) is 0 Å². The van der Waals surface area contributed by atoms with E-state index in [1.807, 2.05) is 0 Å². The van der Waals surface area contributed by atoms with Gasteiger partial charge in [-0.2, -0.15) is 0 Å². The summed E-state index contributed by atoms with van der Waals surface area (Å²) >= 11 is 0. The van der Waals surface area contributed by atoms with E-state index in [9.17, 15) is 9.59 Å². The lowest BCUT2D eigenvalue weighted by molar-refractivity contribution is -0.148. The zero-order valence-corrected chi connectivity index (χ0v) is 17.2. The van der Waals surface area contributed by atoms with Crippen molar-refractivity contribution < 1.29 is 19.8 Å². The topological polar surface area (TPSA) is 74.6 Å². The molecule has 0 aromatic rings. The molecule has 0 aliphatic carbocycles. The smallest absolute Gasteiger partial charge is 0.307 e. The van der Waals surface area contributed by atoms with E-state index >= 15 is 0 Å². The lowest BCUT2D eigenvalue weighted by Crippen LogP contribution is -2.17. The highest BCUT2D eigenvalue weighted by atomic mass is 16.4. The van der Waals surface area contributed by atoms with Gasteiger partial charge in [0.15, 0.2) is 0 Å². The second-order valence-corrected chi connectivity index (χ2v) is 8.20. The molecule has 0 rings (SSSR count). The van der Waals surface area contributed by atoms with Crippen LogP contribution in [0.15, 0.2) is 0 Å². The Kier molecular flexibility index (Phi) is 16.7. The summed E-state index contributed by atoms with van der Waals surface area (Å²) in [6, 6.07) is 0. The highest BCUT2D eigenvalue weighted by molar-refractivity contribution is 5.77. The van der Waals surface area contributed by atoms with Crippen LogP contribution in [0.4, 0.5) is 0 Å². The van der Waals surface area contributed by atoms with E-state index in [4.69, 9.17) is 10.2 Å². The third-order valence-electron chi connectivity index (χ3n) is 5.10. The van der Waals surface area contributed by atoms with E-state index in [0.29, 0.717) is 6.42 Å². The summed E-state index contributed by atoms with van der Waals surface area (Å²) in [7, 11) is 0. The fourth-order valence-corrected chi connectivity index (χ4v) is 3.41. The fourth-order valence-electron chi connectivity index (χ4n) is 3.41. The van der Waals surface area contributed by atoms with Crippen LogP contribution >= 0.6 is 0 Å². The average Bonchev–Trinajstić information content (AvgIpc) is 2.56. The van der Waals surface area contributed by atoms with Crippen LogP contribution in [0.1, 0.15) is 117 Å². The van der Waals surface area contributed by atoms with E-state index in [0.717, 1.165) is 25.2 Å². The molecule has 0 fully saturated rings. The summed E-state index contributed by atoms with van der Waals surface area (Å²) < 4.78 is 0. The maximum Gasteiger partial charge on any atom is 0.307 e. The number of carbonyl (C=O) groups is 2. The molecule has 2 N–H and O–H groups in total. The van der Waals surface area contributed by atoms with Crippen molar-refractivity contribution in [3.63, 3.8) is 0 Å². The lowest BCUT2D eigenvalue weighted by Gasteiger charge is -2.09. The van der Waals surface area contributed by atoms with Gasteiger partial charge in [0, 0.05) is 0 Å². The molecule has 4 nitrogen and oxygen atoms in total. The molecule has 0 aliphatic rings. The van der Waals surface area contributed by atoms with Crippen LogP contribution in [0.5, 0.6) is 0 Å². The van der Waals surface area contributed by atoms with Crippen LogP contribution in [0, 0.1) is 11.8 Å². The van der Waals surface area contributed by atoms with Gasteiger partial charge in [-0.3, -0.25) is 9.59 Å². The number of hydrogen-bond donors (Lipinski definition) is 2. The molecule has 154 valence electrons. The molecule has 0 aliphatic heterocycles. The quantitative estimate of drug-likeness (QED) is 0.249. The Hall–Kier alpha value is -1.06. The van der Waals surface area contributed by atoms with Crippen molar-refractivity contribution in [2.24, 2.45) is 11.8 Å².